The average molecular weight is 890 g/mol. The summed E-state index contributed by atoms with van der Waals surface area (Å²) in [6.45, 7) is 10.8. The van der Waals surface area contributed by atoms with Gasteiger partial charge < -0.3 is 5.11 Å². The molecule has 0 unspecified atom stereocenters. The maximum absolute atomic E-state index is 10.9. The standard InChI is InChI=1S/C9H8O2.C9H10O.C8H10O2S.C8H8O2.C7H7ClO2S.O2Se/c1-7-2-4-8(5-3-7)9(11)6-10;1-7-3-5-9(6-4-7)8(2)10;1-7-3-5-8(6-4-7)11(2,9)10;1-6(9)7-2-4-8(10)5-3-7;1-6-2-4-7(5-3-6)11(8,9)10;1-3-2/h2-6H,1H3;3-6H,1-2H3;3-6H,1-2H3;2-5,10H,1H3;2-5H,1H3;. The van der Waals surface area contributed by atoms with E-state index in [1.54, 1.807) is 79.7 Å². The fourth-order valence-corrected chi connectivity index (χ4v) is 5.16. The van der Waals surface area contributed by atoms with Crippen LogP contribution in [0.25, 0.3) is 0 Å². The van der Waals surface area contributed by atoms with Gasteiger partial charge in [-0.05, 0) is 90.1 Å². The maximum atomic E-state index is 10.9. The number of ketones is 3. The number of phenols is 1. The summed E-state index contributed by atoms with van der Waals surface area (Å²) in [5, 5.41) is 8.83. The summed E-state index contributed by atoms with van der Waals surface area (Å²) in [4.78, 5) is 42.8. The molecule has 0 aliphatic heterocycles. The van der Waals surface area contributed by atoms with Crippen molar-refractivity contribution >= 4 is 68.0 Å². The van der Waals surface area contributed by atoms with Crippen LogP contribution < -0.4 is 0 Å². The first-order chi connectivity index (χ1) is 26.0. The quantitative estimate of drug-likeness (QED) is 0.0574. The Balaban J connectivity index is 0.000000663. The molecule has 298 valence electrons. The van der Waals surface area contributed by atoms with Gasteiger partial charge in [0.1, 0.15) is 5.75 Å². The molecular formula is C41H43ClO11S2Se. The molecular weight excluding hydrogens is 847 g/mol. The minimum absolute atomic E-state index is 0.0139. The monoisotopic (exact) mass is 890 g/mol. The van der Waals surface area contributed by atoms with Gasteiger partial charge in [0.15, 0.2) is 27.7 Å². The van der Waals surface area contributed by atoms with Gasteiger partial charge in [-0.15, -0.1) is 0 Å². The molecule has 0 aromatic heterocycles. The summed E-state index contributed by atoms with van der Waals surface area (Å²) in [5.74, 6) is -0.144. The van der Waals surface area contributed by atoms with E-state index in [1.807, 2.05) is 52.0 Å². The Bertz CT molecular complexity index is 2140. The van der Waals surface area contributed by atoms with Gasteiger partial charge in [-0.3, -0.25) is 19.2 Å². The van der Waals surface area contributed by atoms with Crippen molar-refractivity contribution < 1.29 is 48.8 Å². The van der Waals surface area contributed by atoms with Gasteiger partial charge in [-0.1, -0.05) is 95.1 Å². The van der Waals surface area contributed by atoms with Crippen LogP contribution in [-0.4, -0.2) is 66.7 Å². The molecule has 11 nitrogen and oxygen atoms in total. The number of halogens is 1. The van der Waals surface area contributed by atoms with E-state index in [2.05, 4.69) is 0 Å². The van der Waals surface area contributed by atoms with Gasteiger partial charge in [-0.2, -0.15) is 0 Å². The van der Waals surface area contributed by atoms with Crippen LogP contribution in [0.15, 0.2) is 131 Å². The van der Waals surface area contributed by atoms with Crippen LogP contribution in [0.4, 0.5) is 0 Å². The molecule has 5 rings (SSSR count). The third kappa shape index (κ3) is 22.3. The van der Waals surface area contributed by atoms with Crippen molar-refractivity contribution in [3.05, 3.63) is 160 Å². The van der Waals surface area contributed by atoms with Crippen LogP contribution in [0, 0.1) is 27.7 Å². The van der Waals surface area contributed by atoms with Crippen LogP contribution >= 0.6 is 10.7 Å². The summed E-state index contributed by atoms with van der Waals surface area (Å²) in [7, 11) is -1.48. The zero-order valence-corrected chi connectivity index (χ0v) is 35.9. The van der Waals surface area contributed by atoms with Gasteiger partial charge in [0, 0.05) is 33.6 Å². The van der Waals surface area contributed by atoms with E-state index < -0.39 is 39.5 Å². The van der Waals surface area contributed by atoms with Crippen molar-refractivity contribution in [2.75, 3.05) is 6.26 Å². The van der Waals surface area contributed by atoms with Gasteiger partial charge >= 0.3 is 22.5 Å². The summed E-state index contributed by atoms with van der Waals surface area (Å²) in [6, 6.07) is 33.8. The number of aldehydes is 1. The van der Waals surface area contributed by atoms with Crippen molar-refractivity contribution in [1.82, 2.24) is 0 Å². The number of rotatable bonds is 6. The van der Waals surface area contributed by atoms with Crippen molar-refractivity contribution in [3.63, 3.8) is 0 Å². The van der Waals surface area contributed by atoms with Gasteiger partial charge in [0.25, 0.3) is 9.05 Å². The fourth-order valence-electron chi connectivity index (χ4n) is 3.76. The van der Waals surface area contributed by atoms with E-state index in [0.29, 0.717) is 22.3 Å². The number of carbonyl (C=O) groups excluding carboxylic acids is 4. The Morgan fingerprint density at radius 2 is 0.804 bits per heavy atom. The number of aromatic hydroxyl groups is 1. The molecule has 0 saturated carbocycles. The molecule has 0 radical (unpaired) electrons. The van der Waals surface area contributed by atoms with E-state index >= 15 is 0 Å². The number of benzene rings is 5. The average Bonchev–Trinajstić information content (AvgIpc) is 3.13. The Morgan fingerprint density at radius 1 is 0.536 bits per heavy atom. The first-order valence-electron chi connectivity index (χ1n) is 16.2. The molecule has 0 aliphatic carbocycles. The molecule has 5 aromatic carbocycles. The zero-order chi connectivity index (χ0) is 43.1. The number of hydrogen-bond acceptors (Lipinski definition) is 11. The Morgan fingerprint density at radius 3 is 1.07 bits per heavy atom. The van der Waals surface area contributed by atoms with Crippen LogP contribution in [0.3, 0.4) is 0 Å². The summed E-state index contributed by atoms with van der Waals surface area (Å²) in [5.41, 5.74) is 6.19. The molecule has 56 heavy (non-hydrogen) atoms. The van der Waals surface area contributed by atoms with Crippen molar-refractivity contribution in [2.45, 2.75) is 51.3 Å². The molecule has 0 spiro atoms. The predicted molar refractivity (Wildman–Crippen MR) is 217 cm³/mol. The number of carbonyl (C=O) groups is 4. The number of Topliss-reactive ketones (excluding diaryl/α,β-unsaturated/α-hetero) is 3. The second-order valence-electron chi connectivity index (χ2n) is 11.8. The van der Waals surface area contributed by atoms with E-state index in [1.165, 1.54) is 43.0 Å². The number of sulfone groups is 1. The zero-order valence-electron chi connectivity index (χ0n) is 31.8. The second kappa shape index (κ2) is 25.9. The number of aryl methyl sites for hydroxylation is 4. The molecule has 0 fully saturated rings. The van der Waals surface area contributed by atoms with Crippen LogP contribution in [-0.2, 0) is 31.4 Å². The van der Waals surface area contributed by atoms with Gasteiger partial charge in [0.05, 0.1) is 9.79 Å². The van der Waals surface area contributed by atoms with Crippen LogP contribution in [0.2, 0.25) is 0 Å². The van der Waals surface area contributed by atoms with E-state index in [9.17, 15) is 36.0 Å². The Labute approximate surface area is 338 Å². The molecule has 1 N–H and O–H groups in total. The summed E-state index contributed by atoms with van der Waals surface area (Å²) in [6.07, 6.45) is 1.53. The molecule has 0 heterocycles. The Kier molecular flexibility index (Phi) is 23.5. The van der Waals surface area contributed by atoms with Gasteiger partial charge in [0.2, 0.25) is 5.78 Å². The molecule has 15 heteroatoms. The number of phenolic OH excluding ortho intramolecular Hbond substituents is 1. The second-order valence-corrected chi connectivity index (χ2v) is 16.6. The molecule has 0 aliphatic rings. The topological polar surface area (TPSA) is 191 Å². The first kappa shape index (κ1) is 50.9. The summed E-state index contributed by atoms with van der Waals surface area (Å²) >= 11 is -1.62. The minimum atomic E-state index is -3.55. The fraction of sp³-hybridized carbons (Fsp3) is 0.171. The normalized spacial score (nSPS) is 9.86. The molecule has 0 amide bonds. The van der Waals surface area contributed by atoms with Gasteiger partial charge in [-0.25, -0.2) is 16.8 Å². The van der Waals surface area contributed by atoms with Crippen molar-refractivity contribution in [2.24, 2.45) is 0 Å². The number of hydrogen-bond donors (Lipinski definition) is 1. The molecule has 0 atom stereocenters. The SMILES string of the molecule is CC(=O)c1ccc(C)cc1.CC(=O)c1ccc(O)cc1.Cc1ccc(C(=O)C=O)cc1.Cc1ccc(S(=O)(=O)Cl)cc1.Cc1ccc(S(C)(=O)=O)cc1.O=[Se]=O. The third-order valence-corrected chi connectivity index (χ3v) is 9.42. The molecule has 0 bridgehead atoms. The van der Waals surface area contributed by atoms with Crippen molar-refractivity contribution in [1.29, 1.82) is 0 Å². The predicted octanol–water partition coefficient (Wildman–Crippen LogP) is 7.87. The van der Waals surface area contributed by atoms with Crippen LogP contribution in [0.5, 0.6) is 5.75 Å². The summed E-state index contributed by atoms with van der Waals surface area (Å²) < 4.78 is 60.2. The van der Waals surface area contributed by atoms with E-state index in [4.69, 9.17) is 23.5 Å². The van der Waals surface area contributed by atoms with Crippen LogP contribution in [0.1, 0.15) is 67.2 Å². The molecule has 5 aromatic rings. The third-order valence-electron chi connectivity index (χ3n) is 6.93. The van der Waals surface area contributed by atoms with E-state index in [0.717, 1.165) is 22.3 Å². The molecule has 0 saturated heterocycles. The van der Waals surface area contributed by atoms with Crippen molar-refractivity contribution in [3.8, 4) is 5.75 Å². The Hall–Kier alpha value is -5.11. The van der Waals surface area contributed by atoms with E-state index in [-0.39, 0.29) is 22.2 Å². The first-order valence-corrected chi connectivity index (χ1v) is 21.8.